The zero-order valence-corrected chi connectivity index (χ0v) is 9.60. The standard InChI is InChI=1S/C12H17NO3/c1-15-12(16-2,8-9-13)11(14)10-6-4-3-5-7-10/h3-7H,8-9,13H2,1-2H3. The number of hydrogen-bond donors (Lipinski definition) is 1. The first kappa shape index (κ1) is 12.8. The predicted molar refractivity (Wildman–Crippen MR) is 61.2 cm³/mol. The monoisotopic (exact) mass is 223 g/mol. The predicted octanol–water partition coefficient (Wildman–Crippen LogP) is 1.21. The lowest BCUT2D eigenvalue weighted by Gasteiger charge is -2.28. The van der Waals surface area contributed by atoms with Crippen molar-refractivity contribution in [3.8, 4) is 0 Å². The first-order chi connectivity index (χ1) is 7.70. The van der Waals surface area contributed by atoms with Crippen molar-refractivity contribution in [2.24, 2.45) is 5.73 Å². The Morgan fingerprint density at radius 3 is 2.25 bits per heavy atom. The zero-order chi connectivity index (χ0) is 12.0. The van der Waals surface area contributed by atoms with Crippen LogP contribution < -0.4 is 5.73 Å². The minimum absolute atomic E-state index is 0.205. The van der Waals surface area contributed by atoms with Crippen LogP contribution in [0, 0.1) is 0 Å². The molecule has 0 spiro atoms. The number of ether oxygens (including phenoxy) is 2. The molecule has 1 aromatic rings. The fourth-order valence-corrected chi connectivity index (χ4v) is 1.59. The van der Waals surface area contributed by atoms with Crippen molar-refractivity contribution >= 4 is 5.78 Å². The maximum atomic E-state index is 12.2. The second kappa shape index (κ2) is 5.75. The van der Waals surface area contributed by atoms with E-state index in [0.29, 0.717) is 18.5 Å². The van der Waals surface area contributed by atoms with Crippen LogP contribution in [0.1, 0.15) is 16.8 Å². The van der Waals surface area contributed by atoms with Crippen LogP contribution >= 0.6 is 0 Å². The number of hydrogen-bond acceptors (Lipinski definition) is 4. The Morgan fingerprint density at radius 2 is 1.81 bits per heavy atom. The molecular weight excluding hydrogens is 206 g/mol. The molecule has 0 heterocycles. The lowest BCUT2D eigenvalue weighted by Crippen LogP contribution is -2.44. The van der Waals surface area contributed by atoms with Gasteiger partial charge in [-0.2, -0.15) is 0 Å². The Morgan fingerprint density at radius 1 is 1.25 bits per heavy atom. The molecule has 0 amide bonds. The molecule has 88 valence electrons. The maximum Gasteiger partial charge on any atom is 0.234 e. The normalized spacial score (nSPS) is 11.4. The van der Waals surface area contributed by atoms with Crippen LogP contribution in [0.3, 0.4) is 0 Å². The maximum absolute atomic E-state index is 12.2. The topological polar surface area (TPSA) is 61.6 Å². The van der Waals surface area contributed by atoms with Gasteiger partial charge in [0.25, 0.3) is 0 Å². The molecule has 0 saturated heterocycles. The van der Waals surface area contributed by atoms with Gasteiger partial charge in [0, 0.05) is 26.2 Å². The van der Waals surface area contributed by atoms with Crippen LogP contribution in [0.15, 0.2) is 30.3 Å². The van der Waals surface area contributed by atoms with Crippen molar-refractivity contribution in [2.75, 3.05) is 20.8 Å². The summed E-state index contributed by atoms with van der Waals surface area (Å²) in [5.74, 6) is -1.47. The molecule has 0 unspecified atom stereocenters. The van der Waals surface area contributed by atoms with Gasteiger partial charge >= 0.3 is 0 Å². The minimum atomic E-state index is -1.27. The minimum Gasteiger partial charge on any atom is -0.347 e. The number of ketones is 1. The number of nitrogens with two attached hydrogens (primary N) is 1. The summed E-state index contributed by atoms with van der Waals surface area (Å²) in [6, 6.07) is 8.90. The quantitative estimate of drug-likeness (QED) is 0.581. The van der Waals surface area contributed by atoms with E-state index >= 15 is 0 Å². The molecule has 0 saturated carbocycles. The molecule has 0 aromatic heterocycles. The molecular formula is C12H17NO3. The second-order valence-electron chi connectivity index (χ2n) is 3.39. The molecule has 0 radical (unpaired) electrons. The molecule has 0 bridgehead atoms. The molecule has 4 nitrogen and oxygen atoms in total. The second-order valence-corrected chi connectivity index (χ2v) is 3.39. The van der Waals surface area contributed by atoms with Crippen LogP contribution in [-0.2, 0) is 9.47 Å². The van der Waals surface area contributed by atoms with Crippen LogP contribution in [0.2, 0.25) is 0 Å². The van der Waals surface area contributed by atoms with E-state index in [0.717, 1.165) is 0 Å². The fourth-order valence-electron chi connectivity index (χ4n) is 1.59. The lowest BCUT2D eigenvalue weighted by atomic mass is 10.0. The van der Waals surface area contributed by atoms with Crippen molar-refractivity contribution < 1.29 is 14.3 Å². The smallest absolute Gasteiger partial charge is 0.234 e. The van der Waals surface area contributed by atoms with Crippen molar-refractivity contribution in [1.82, 2.24) is 0 Å². The molecule has 0 aliphatic carbocycles. The molecule has 2 N–H and O–H groups in total. The Kier molecular flexibility index (Phi) is 4.61. The highest BCUT2D eigenvalue weighted by Gasteiger charge is 2.38. The van der Waals surface area contributed by atoms with E-state index in [1.165, 1.54) is 14.2 Å². The summed E-state index contributed by atoms with van der Waals surface area (Å²) < 4.78 is 10.4. The largest absolute Gasteiger partial charge is 0.347 e. The number of carbonyl (C=O) groups is 1. The highest BCUT2D eigenvalue weighted by atomic mass is 16.7. The first-order valence-corrected chi connectivity index (χ1v) is 5.10. The van der Waals surface area contributed by atoms with E-state index in [4.69, 9.17) is 15.2 Å². The summed E-state index contributed by atoms with van der Waals surface area (Å²) in [5.41, 5.74) is 6.02. The van der Waals surface area contributed by atoms with E-state index < -0.39 is 5.79 Å². The van der Waals surface area contributed by atoms with Gasteiger partial charge in [0.1, 0.15) is 0 Å². The number of methoxy groups -OCH3 is 2. The molecule has 0 aliphatic rings. The summed E-state index contributed by atoms with van der Waals surface area (Å²) in [4.78, 5) is 12.2. The van der Waals surface area contributed by atoms with Crippen molar-refractivity contribution in [2.45, 2.75) is 12.2 Å². The van der Waals surface area contributed by atoms with Crippen LogP contribution in [0.4, 0.5) is 0 Å². The SMILES string of the molecule is COC(CCN)(OC)C(=O)c1ccccc1. The van der Waals surface area contributed by atoms with Gasteiger partial charge in [-0.15, -0.1) is 0 Å². The molecule has 16 heavy (non-hydrogen) atoms. The van der Waals surface area contributed by atoms with Gasteiger partial charge in [0.05, 0.1) is 0 Å². The van der Waals surface area contributed by atoms with E-state index in [9.17, 15) is 4.79 Å². The summed E-state index contributed by atoms with van der Waals surface area (Å²) in [6.07, 6.45) is 0.327. The Labute approximate surface area is 95.3 Å². The van der Waals surface area contributed by atoms with E-state index in [2.05, 4.69) is 0 Å². The summed E-state index contributed by atoms with van der Waals surface area (Å²) in [5, 5.41) is 0. The van der Waals surface area contributed by atoms with Crippen LogP contribution in [-0.4, -0.2) is 32.3 Å². The van der Waals surface area contributed by atoms with E-state index in [1.54, 1.807) is 24.3 Å². The first-order valence-electron chi connectivity index (χ1n) is 5.10. The third kappa shape index (κ3) is 2.47. The molecule has 0 fully saturated rings. The number of benzene rings is 1. The summed E-state index contributed by atoms with van der Waals surface area (Å²) in [6.45, 7) is 0.320. The Balaban J connectivity index is 3.00. The van der Waals surface area contributed by atoms with Crippen LogP contribution in [0.25, 0.3) is 0 Å². The molecule has 1 aromatic carbocycles. The number of rotatable bonds is 6. The van der Waals surface area contributed by atoms with Crippen LogP contribution in [0.5, 0.6) is 0 Å². The lowest BCUT2D eigenvalue weighted by molar-refractivity contribution is -0.171. The van der Waals surface area contributed by atoms with Gasteiger partial charge in [-0.25, -0.2) is 0 Å². The molecule has 4 heteroatoms. The van der Waals surface area contributed by atoms with Gasteiger partial charge < -0.3 is 15.2 Å². The van der Waals surface area contributed by atoms with Gasteiger partial charge in [-0.1, -0.05) is 30.3 Å². The third-order valence-electron chi connectivity index (χ3n) is 2.51. The third-order valence-corrected chi connectivity index (χ3v) is 2.51. The number of Topliss-reactive ketones (excluding diaryl/α,β-unsaturated/α-hetero) is 1. The van der Waals surface area contributed by atoms with Crippen molar-refractivity contribution in [1.29, 1.82) is 0 Å². The highest BCUT2D eigenvalue weighted by Crippen LogP contribution is 2.21. The molecule has 1 rings (SSSR count). The summed E-state index contributed by atoms with van der Waals surface area (Å²) >= 11 is 0. The van der Waals surface area contributed by atoms with Crippen molar-refractivity contribution in [3.05, 3.63) is 35.9 Å². The van der Waals surface area contributed by atoms with Crippen molar-refractivity contribution in [3.63, 3.8) is 0 Å². The molecule has 0 atom stereocenters. The van der Waals surface area contributed by atoms with E-state index in [-0.39, 0.29) is 5.78 Å². The Bertz CT molecular complexity index is 333. The Hall–Kier alpha value is -1.23. The van der Waals surface area contributed by atoms with Gasteiger partial charge in [-0.3, -0.25) is 4.79 Å². The average Bonchev–Trinajstić information content (AvgIpc) is 2.36. The average molecular weight is 223 g/mol. The van der Waals surface area contributed by atoms with Gasteiger partial charge in [0.2, 0.25) is 11.6 Å². The summed E-state index contributed by atoms with van der Waals surface area (Å²) in [7, 11) is 2.89. The fraction of sp³-hybridized carbons (Fsp3) is 0.417. The zero-order valence-electron chi connectivity index (χ0n) is 9.60. The number of carbonyl (C=O) groups excluding carboxylic acids is 1. The highest BCUT2D eigenvalue weighted by molar-refractivity contribution is 6.01. The van der Waals surface area contributed by atoms with Gasteiger partial charge in [-0.05, 0) is 6.54 Å². The van der Waals surface area contributed by atoms with Gasteiger partial charge in [0.15, 0.2) is 0 Å². The molecule has 0 aliphatic heterocycles. The van der Waals surface area contributed by atoms with E-state index in [1.807, 2.05) is 6.07 Å².